The van der Waals surface area contributed by atoms with Crippen molar-refractivity contribution in [3.05, 3.63) is 0 Å². The minimum absolute atomic E-state index is 0.286. The van der Waals surface area contributed by atoms with Crippen molar-refractivity contribution in [2.24, 2.45) is 22.7 Å². The second-order valence-corrected chi connectivity index (χ2v) is 7.24. The Morgan fingerprint density at radius 3 is 2.35 bits per heavy atom. The second-order valence-electron chi connectivity index (χ2n) is 7.24. The van der Waals surface area contributed by atoms with Crippen molar-refractivity contribution in [3.63, 3.8) is 0 Å². The molecule has 1 N–H and O–H groups in total. The molecule has 4 atom stereocenters. The quantitative estimate of drug-likeness (QED) is 0.817. The molecule has 17 heavy (non-hydrogen) atoms. The van der Waals surface area contributed by atoms with Crippen molar-refractivity contribution in [1.82, 2.24) is 0 Å². The van der Waals surface area contributed by atoms with Gasteiger partial charge in [-0.15, -0.1) is 0 Å². The maximum absolute atomic E-state index is 9.85. The van der Waals surface area contributed by atoms with E-state index in [1.54, 1.807) is 0 Å². The fourth-order valence-corrected chi connectivity index (χ4v) is 3.79. The van der Waals surface area contributed by atoms with Crippen LogP contribution in [-0.4, -0.2) is 23.9 Å². The van der Waals surface area contributed by atoms with Gasteiger partial charge in [0, 0.05) is 0 Å². The predicted octanol–water partition coefficient (Wildman–Crippen LogP) is 3.23. The summed E-state index contributed by atoms with van der Waals surface area (Å²) in [4.78, 5) is 0. The molecule has 0 aromatic rings. The Morgan fingerprint density at radius 1 is 1.29 bits per heavy atom. The Morgan fingerprint density at radius 2 is 1.94 bits per heavy atom. The minimum atomic E-state index is -0.319. The second kappa shape index (κ2) is 4.24. The highest BCUT2D eigenvalue weighted by Gasteiger charge is 2.61. The largest absolute Gasteiger partial charge is 0.390 e. The molecule has 0 aromatic heterocycles. The Bertz CT molecular complexity index is 285. The molecule has 0 heterocycles. The SMILES string of the molecule is CC(C)C(O)COC1CC2CCC1(C)C2(C)C. The van der Waals surface area contributed by atoms with Crippen LogP contribution in [0.4, 0.5) is 0 Å². The van der Waals surface area contributed by atoms with E-state index in [0.29, 0.717) is 23.5 Å². The molecule has 0 radical (unpaired) electrons. The van der Waals surface area contributed by atoms with Crippen LogP contribution in [0.1, 0.15) is 53.9 Å². The molecule has 0 spiro atoms. The first-order valence-corrected chi connectivity index (χ1v) is 7.08. The van der Waals surface area contributed by atoms with E-state index in [1.165, 1.54) is 19.3 Å². The minimum Gasteiger partial charge on any atom is -0.390 e. The van der Waals surface area contributed by atoms with Gasteiger partial charge in [-0.05, 0) is 41.9 Å². The highest BCUT2D eigenvalue weighted by Crippen LogP contribution is 2.66. The maximum atomic E-state index is 9.85. The third kappa shape index (κ3) is 1.94. The van der Waals surface area contributed by atoms with Crippen LogP contribution < -0.4 is 0 Å². The van der Waals surface area contributed by atoms with E-state index in [-0.39, 0.29) is 12.0 Å². The summed E-state index contributed by atoms with van der Waals surface area (Å²) in [5.74, 6) is 1.10. The summed E-state index contributed by atoms with van der Waals surface area (Å²) >= 11 is 0. The average molecular weight is 240 g/mol. The van der Waals surface area contributed by atoms with Crippen molar-refractivity contribution < 1.29 is 9.84 Å². The summed E-state index contributed by atoms with van der Waals surface area (Å²) in [6.45, 7) is 11.8. The Balaban J connectivity index is 1.97. The third-order valence-corrected chi connectivity index (χ3v) is 5.95. The molecule has 2 bridgehead atoms. The van der Waals surface area contributed by atoms with Crippen LogP contribution in [-0.2, 0) is 4.74 Å². The topological polar surface area (TPSA) is 29.5 Å². The van der Waals surface area contributed by atoms with Gasteiger partial charge < -0.3 is 9.84 Å². The van der Waals surface area contributed by atoms with Gasteiger partial charge in [0.2, 0.25) is 0 Å². The van der Waals surface area contributed by atoms with E-state index in [0.717, 1.165) is 5.92 Å². The Hall–Kier alpha value is -0.0800. The summed E-state index contributed by atoms with van der Waals surface area (Å²) in [7, 11) is 0. The molecule has 2 aliphatic rings. The van der Waals surface area contributed by atoms with Crippen LogP contribution in [0.25, 0.3) is 0 Å². The zero-order valence-electron chi connectivity index (χ0n) is 12.0. The fraction of sp³-hybridized carbons (Fsp3) is 1.00. The molecular weight excluding hydrogens is 212 g/mol. The predicted molar refractivity (Wildman–Crippen MR) is 69.8 cm³/mol. The Labute approximate surface area is 106 Å². The normalized spacial score (nSPS) is 41.1. The molecule has 2 aliphatic carbocycles. The molecule has 100 valence electrons. The lowest BCUT2D eigenvalue weighted by Crippen LogP contribution is -2.39. The van der Waals surface area contributed by atoms with Crippen LogP contribution in [0.2, 0.25) is 0 Å². The van der Waals surface area contributed by atoms with Crippen molar-refractivity contribution in [1.29, 1.82) is 0 Å². The van der Waals surface area contributed by atoms with Crippen LogP contribution in [0.15, 0.2) is 0 Å². The third-order valence-electron chi connectivity index (χ3n) is 5.95. The van der Waals surface area contributed by atoms with Gasteiger partial charge in [0.15, 0.2) is 0 Å². The molecule has 0 aliphatic heterocycles. The van der Waals surface area contributed by atoms with Crippen molar-refractivity contribution in [2.45, 2.75) is 66.1 Å². The molecule has 0 aromatic carbocycles. The lowest BCUT2D eigenvalue weighted by atomic mass is 9.70. The Kier molecular flexibility index (Phi) is 3.33. The smallest absolute Gasteiger partial charge is 0.0796 e. The molecule has 2 saturated carbocycles. The summed E-state index contributed by atoms with van der Waals surface area (Å²) < 4.78 is 6.05. The number of rotatable bonds is 4. The van der Waals surface area contributed by atoms with E-state index in [9.17, 15) is 5.11 Å². The van der Waals surface area contributed by atoms with Gasteiger partial charge >= 0.3 is 0 Å². The van der Waals surface area contributed by atoms with Crippen molar-refractivity contribution >= 4 is 0 Å². The number of hydrogen-bond acceptors (Lipinski definition) is 2. The lowest BCUT2D eigenvalue weighted by Gasteiger charge is -2.39. The van der Waals surface area contributed by atoms with E-state index in [4.69, 9.17) is 4.74 Å². The first kappa shape index (κ1) is 13.4. The standard InChI is InChI=1S/C15H28O2/c1-10(2)12(16)9-17-13-8-11-6-7-15(13,5)14(11,3)4/h10-13,16H,6-9H2,1-5H3. The zero-order chi connectivity index (χ0) is 12.8. The summed E-state index contributed by atoms with van der Waals surface area (Å²) in [5.41, 5.74) is 0.717. The van der Waals surface area contributed by atoms with Gasteiger partial charge in [0.05, 0.1) is 18.8 Å². The molecule has 0 amide bonds. The van der Waals surface area contributed by atoms with Gasteiger partial charge in [-0.25, -0.2) is 0 Å². The molecular formula is C15H28O2. The van der Waals surface area contributed by atoms with E-state index in [2.05, 4.69) is 20.8 Å². The van der Waals surface area contributed by atoms with Gasteiger partial charge in [-0.3, -0.25) is 0 Å². The van der Waals surface area contributed by atoms with Gasteiger partial charge in [0.1, 0.15) is 0 Å². The number of aliphatic hydroxyl groups excluding tert-OH is 1. The lowest BCUT2D eigenvalue weighted by molar-refractivity contribution is -0.0826. The zero-order valence-corrected chi connectivity index (χ0v) is 12.0. The van der Waals surface area contributed by atoms with Gasteiger partial charge in [-0.2, -0.15) is 0 Å². The highest BCUT2D eigenvalue weighted by atomic mass is 16.5. The van der Waals surface area contributed by atoms with Crippen LogP contribution >= 0.6 is 0 Å². The molecule has 2 nitrogen and oxygen atoms in total. The number of fused-ring (bicyclic) bond motifs is 2. The summed E-state index contributed by atoms with van der Waals surface area (Å²) in [6, 6.07) is 0. The molecule has 2 rings (SSSR count). The first-order chi connectivity index (χ1) is 7.79. The van der Waals surface area contributed by atoms with Gasteiger partial charge in [-0.1, -0.05) is 34.6 Å². The number of aliphatic hydroxyl groups is 1. The molecule has 4 unspecified atom stereocenters. The van der Waals surface area contributed by atoms with E-state index in [1.807, 2.05) is 13.8 Å². The van der Waals surface area contributed by atoms with Crippen LogP contribution in [0.3, 0.4) is 0 Å². The number of hydrogen-bond donors (Lipinski definition) is 1. The number of ether oxygens (including phenoxy) is 1. The summed E-state index contributed by atoms with van der Waals surface area (Å²) in [6.07, 6.45) is 3.86. The maximum Gasteiger partial charge on any atom is 0.0796 e. The van der Waals surface area contributed by atoms with E-state index < -0.39 is 0 Å². The van der Waals surface area contributed by atoms with Gasteiger partial charge in [0.25, 0.3) is 0 Å². The highest BCUT2D eigenvalue weighted by molar-refractivity contribution is 5.11. The fourth-order valence-electron chi connectivity index (χ4n) is 3.79. The monoisotopic (exact) mass is 240 g/mol. The van der Waals surface area contributed by atoms with E-state index >= 15 is 0 Å². The first-order valence-electron chi connectivity index (χ1n) is 7.08. The van der Waals surface area contributed by atoms with Crippen molar-refractivity contribution in [3.8, 4) is 0 Å². The average Bonchev–Trinajstić information content (AvgIpc) is 2.57. The summed E-state index contributed by atoms with van der Waals surface area (Å²) in [5, 5.41) is 9.85. The molecule has 0 saturated heterocycles. The molecule has 2 fully saturated rings. The van der Waals surface area contributed by atoms with Crippen molar-refractivity contribution in [2.75, 3.05) is 6.61 Å². The molecule has 2 heteroatoms. The van der Waals surface area contributed by atoms with Crippen LogP contribution in [0, 0.1) is 22.7 Å². The van der Waals surface area contributed by atoms with Crippen LogP contribution in [0.5, 0.6) is 0 Å².